The third-order valence-corrected chi connectivity index (χ3v) is 6.53. The molecule has 0 bridgehead atoms. The molecule has 2 saturated heterocycles. The molecule has 2 atom stereocenters. The number of likely N-dealkylation sites (tertiary alicyclic amines) is 1. The molecule has 0 radical (unpaired) electrons. The molecule has 3 rings (SSSR count). The summed E-state index contributed by atoms with van der Waals surface area (Å²) in [4.78, 5) is 2.74. The quantitative estimate of drug-likeness (QED) is 0.847. The molecule has 1 aliphatic carbocycles. The molecule has 3 aliphatic rings. The van der Waals surface area contributed by atoms with Gasteiger partial charge in [0.2, 0.25) is 0 Å². The summed E-state index contributed by atoms with van der Waals surface area (Å²) in [6.07, 6.45) is 13.3. The summed E-state index contributed by atoms with van der Waals surface area (Å²) in [5, 5.41) is 3.73. The highest BCUT2D eigenvalue weighted by atomic mass is 15.1. The molecule has 2 aliphatic heterocycles. The number of hydrogen-bond acceptors (Lipinski definition) is 2. The number of rotatable bonds is 3. The normalized spacial score (nSPS) is 37.4. The van der Waals surface area contributed by atoms with Crippen LogP contribution in [-0.2, 0) is 0 Å². The van der Waals surface area contributed by atoms with Crippen molar-refractivity contribution in [3.05, 3.63) is 0 Å². The van der Waals surface area contributed by atoms with Gasteiger partial charge in [-0.05, 0) is 82.1 Å². The summed E-state index contributed by atoms with van der Waals surface area (Å²) in [6, 6.07) is 0. The van der Waals surface area contributed by atoms with Crippen molar-refractivity contribution in [3.8, 4) is 0 Å². The molecule has 2 heteroatoms. The average molecular weight is 278 g/mol. The van der Waals surface area contributed by atoms with Crippen LogP contribution in [0.1, 0.15) is 64.7 Å². The first kappa shape index (κ1) is 14.8. The summed E-state index contributed by atoms with van der Waals surface area (Å²) < 4.78 is 0. The van der Waals surface area contributed by atoms with Gasteiger partial charge in [-0.2, -0.15) is 0 Å². The molecule has 2 nitrogen and oxygen atoms in total. The highest BCUT2D eigenvalue weighted by Crippen LogP contribution is 2.50. The molecule has 1 saturated carbocycles. The van der Waals surface area contributed by atoms with Crippen LogP contribution in [0.4, 0.5) is 0 Å². The van der Waals surface area contributed by atoms with Crippen LogP contribution in [0.3, 0.4) is 0 Å². The van der Waals surface area contributed by atoms with Gasteiger partial charge in [0.05, 0.1) is 0 Å². The van der Waals surface area contributed by atoms with Crippen LogP contribution in [0.5, 0.6) is 0 Å². The fourth-order valence-electron chi connectivity index (χ4n) is 5.46. The second-order valence-corrected chi connectivity index (χ2v) is 7.66. The van der Waals surface area contributed by atoms with Gasteiger partial charge in [-0.25, -0.2) is 0 Å². The van der Waals surface area contributed by atoms with E-state index in [0.717, 1.165) is 11.8 Å². The van der Waals surface area contributed by atoms with Crippen molar-refractivity contribution >= 4 is 0 Å². The first-order chi connectivity index (χ1) is 9.84. The largest absolute Gasteiger partial charge is 0.316 e. The predicted molar refractivity (Wildman–Crippen MR) is 85.9 cm³/mol. The Kier molecular flexibility index (Phi) is 5.04. The molecule has 2 unspecified atom stereocenters. The SMILES string of the molecule is CCCN1CCCC2(CCNCC2C2CCCC2)CC1. The van der Waals surface area contributed by atoms with E-state index >= 15 is 0 Å². The van der Waals surface area contributed by atoms with Crippen LogP contribution >= 0.6 is 0 Å². The van der Waals surface area contributed by atoms with Crippen LogP contribution in [0.25, 0.3) is 0 Å². The highest BCUT2D eigenvalue weighted by molar-refractivity contribution is 4.97. The zero-order valence-corrected chi connectivity index (χ0v) is 13.5. The van der Waals surface area contributed by atoms with E-state index in [-0.39, 0.29) is 0 Å². The smallest absolute Gasteiger partial charge is 0.00125 e. The molecule has 0 aromatic rings. The van der Waals surface area contributed by atoms with E-state index < -0.39 is 0 Å². The monoisotopic (exact) mass is 278 g/mol. The van der Waals surface area contributed by atoms with Crippen LogP contribution in [-0.4, -0.2) is 37.6 Å². The molecule has 116 valence electrons. The van der Waals surface area contributed by atoms with E-state index in [1.165, 1.54) is 90.5 Å². The molecule has 20 heavy (non-hydrogen) atoms. The second kappa shape index (κ2) is 6.79. The first-order valence-corrected chi connectivity index (χ1v) is 9.27. The molecule has 0 amide bonds. The Bertz CT molecular complexity index is 298. The van der Waals surface area contributed by atoms with Gasteiger partial charge >= 0.3 is 0 Å². The molecule has 1 spiro atoms. The summed E-state index contributed by atoms with van der Waals surface area (Å²) in [7, 11) is 0. The zero-order chi connectivity index (χ0) is 13.8. The van der Waals surface area contributed by atoms with E-state index in [0.29, 0.717) is 5.41 Å². The third kappa shape index (κ3) is 3.06. The van der Waals surface area contributed by atoms with E-state index in [2.05, 4.69) is 17.1 Å². The van der Waals surface area contributed by atoms with Gasteiger partial charge in [-0.1, -0.05) is 32.6 Å². The lowest BCUT2D eigenvalue weighted by molar-refractivity contribution is 0.0444. The van der Waals surface area contributed by atoms with Gasteiger partial charge in [0.25, 0.3) is 0 Å². The molecule has 0 aromatic carbocycles. The highest BCUT2D eigenvalue weighted by Gasteiger charge is 2.45. The topological polar surface area (TPSA) is 15.3 Å². The van der Waals surface area contributed by atoms with Gasteiger partial charge in [0.15, 0.2) is 0 Å². The average Bonchev–Trinajstić information content (AvgIpc) is 2.92. The van der Waals surface area contributed by atoms with Crippen LogP contribution < -0.4 is 5.32 Å². The number of nitrogens with zero attached hydrogens (tertiary/aromatic N) is 1. The molecule has 0 aromatic heterocycles. The molecule has 3 fully saturated rings. The Balaban J connectivity index is 1.69. The molecular formula is C18H34N2. The van der Waals surface area contributed by atoms with Gasteiger partial charge in [-0.15, -0.1) is 0 Å². The van der Waals surface area contributed by atoms with Gasteiger partial charge in [0.1, 0.15) is 0 Å². The van der Waals surface area contributed by atoms with Crippen LogP contribution in [0, 0.1) is 17.3 Å². The summed E-state index contributed by atoms with van der Waals surface area (Å²) in [5.74, 6) is 2.03. The molecule has 1 N–H and O–H groups in total. The minimum Gasteiger partial charge on any atom is -0.316 e. The lowest BCUT2D eigenvalue weighted by Gasteiger charge is -2.47. The van der Waals surface area contributed by atoms with Gasteiger partial charge in [0, 0.05) is 0 Å². The minimum absolute atomic E-state index is 0.697. The maximum atomic E-state index is 3.73. The summed E-state index contributed by atoms with van der Waals surface area (Å²) in [6.45, 7) is 8.97. The zero-order valence-electron chi connectivity index (χ0n) is 13.5. The fraction of sp³-hybridized carbons (Fsp3) is 1.00. The number of nitrogens with one attached hydrogen (secondary N) is 1. The Morgan fingerprint density at radius 3 is 2.70 bits per heavy atom. The predicted octanol–water partition coefficient (Wildman–Crippen LogP) is 3.67. The summed E-state index contributed by atoms with van der Waals surface area (Å²) >= 11 is 0. The van der Waals surface area contributed by atoms with Crippen LogP contribution in [0.15, 0.2) is 0 Å². The Labute approximate surface area is 125 Å². The van der Waals surface area contributed by atoms with Crippen molar-refractivity contribution < 1.29 is 0 Å². The van der Waals surface area contributed by atoms with Crippen molar-refractivity contribution in [2.45, 2.75) is 64.7 Å². The molecule has 2 heterocycles. The van der Waals surface area contributed by atoms with E-state index in [1.807, 2.05) is 0 Å². The summed E-state index contributed by atoms with van der Waals surface area (Å²) in [5.41, 5.74) is 0.697. The van der Waals surface area contributed by atoms with Crippen molar-refractivity contribution in [1.29, 1.82) is 0 Å². The standard InChI is InChI=1S/C18H34N2/c1-2-12-20-13-5-8-18(10-14-20)9-11-19-15-17(18)16-6-3-4-7-16/h16-17,19H,2-15H2,1H3. The van der Waals surface area contributed by atoms with Crippen LogP contribution in [0.2, 0.25) is 0 Å². The maximum Gasteiger partial charge on any atom is -0.00125 e. The van der Waals surface area contributed by atoms with E-state index in [1.54, 1.807) is 0 Å². The Morgan fingerprint density at radius 1 is 1.05 bits per heavy atom. The maximum absolute atomic E-state index is 3.73. The van der Waals surface area contributed by atoms with Crippen molar-refractivity contribution in [2.75, 3.05) is 32.7 Å². The first-order valence-electron chi connectivity index (χ1n) is 9.27. The van der Waals surface area contributed by atoms with Crippen molar-refractivity contribution in [2.24, 2.45) is 17.3 Å². The Hall–Kier alpha value is -0.0800. The fourth-order valence-corrected chi connectivity index (χ4v) is 5.46. The lowest BCUT2D eigenvalue weighted by Crippen LogP contribution is -2.48. The third-order valence-electron chi connectivity index (χ3n) is 6.53. The van der Waals surface area contributed by atoms with Gasteiger partial charge < -0.3 is 10.2 Å². The second-order valence-electron chi connectivity index (χ2n) is 7.66. The number of piperidine rings is 1. The van der Waals surface area contributed by atoms with Gasteiger partial charge in [-0.3, -0.25) is 0 Å². The number of hydrogen-bond donors (Lipinski definition) is 1. The van der Waals surface area contributed by atoms with Crippen molar-refractivity contribution in [3.63, 3.8) is 0 Å². The van der Waals surface area contributed by atoms with E-state index in [4.69, 9.17) is 0 Å². The lowest BCUT2D eigenvalue weighted by atomic mass is 9.61. The Morgan fingerprint density at radius 2 is 1.90 bits per heavy atom. The minimum atomic E-state index is 0.697. The molecular weight excluding hydrogens is 244 g/mol. The van der Waals surface area contributed by atoms with Crippen molar-refractivity contribution in [1.82, 2.24) is 10.2 Å². The van der Waals surface area contributed by atoms with E-state index in [9.17, 15) is 0 Å².